The first-order chi connectivity index (χ1) is 9.46. The molecule has 1 heterocycles. The third-order valence-corrected chi connectivity index (χ3v) is 3.45. The van der Waals surface area contributed by atoms with Gasteiger partial charge in [-0.15, -0.1) is 0 Å². The second-order valence-electron chi connectivity index (χ2n) is 6.41. The lowest BCUT2D eigenvalue weighted by Crippen LogP contribution is -2.49. The van der Waals surface area contributed by atoms with E-state index >= 15 is 0 Å². The summed E-state index contributed by atoms with van der Waals surface area (Å²) in [6.07, 6.45) is 2.31. The normalized spacial score (nSPS) is 18.9. The second-order valence-corrected chi connectivity index (χ2v) is 6.41. The number of nitrogens with zero attached hydrogens (tertiary/aromatic N) is 1. The molecule has 1 aromatic carbocycles. The fourth-order valence-corrected chi connectivity index (χ4v) is 2.60. The lowest BCUT2D eigenvalue weighted by molar-refractivity contribution is 0.231. The van der Waals surface area contributed by atoms with Crippen LogP contribution in [0.2, 0.25) is 0 Å². The lowest BCUT2D eigenvalue weighted by atomic mass is 10.1. The molecule has 1 aliphatic rings. The highest BCUT2D eigenvalue weighted by atomic mass is 16.2. The number of hydrogen-bond donors (Lipinski definition) is 2. The van der Waals surface area contributed by atoms with Crippen LogP contribution in [-0.4, -0.2) is 30.7 Å². The van der Waals surface area contributed by atoms with Crippen LogP contribution in [0.3, 0.4) is 0 Å². The molecule has 1 aliphatic heterocycles. The van der Waals surface area contributed by atoms with Gasteiger partial charge in [-0.25, -0.2) is 4.79 Å². The Labute approximate surface area is 121 Å². The zero-order chi connectivity index (χ0) is 14.6. The van der Waals surface area contributed by atoms with Gasteiger partial charge < -0.3 is 15.5 Å². The summed E-state index contributed by atoms with van der Waals surface area (Å²) in [5.41, 5.74) is 1.05. The second kappa shape index (κ2) is 6.16. The third kappa shape index (κ3) is 4.15. The van der Waals surface area contributed by atoms with Crippen LogP contribution in [0.15, 0.2) is 30.3 Å². The molecule has 20 heavy (non-hydrogen) atoms. The quantitative estimate of drug-likeness (QED) is 0.891. The molecular weight excluding hydrogens is 250 g/mol. The molecule has 2 N–H and O–H groups in total. The van der Waals surface area contributed by atoms with E-state index in [1.807, 2.05) is 26.8 Å². The third-order valence-electron chi connectivity index (χ3n) is 3.45. The number of rotatable bonds is 3. The fourth-order valence-electron chi connectivity index (χ4n) is 2.60. The number of para-hydroxylation sites is 1. The van der Waals surface area contributed by atoms with Gasteiger partial charge >= 0.3 is 6.03 Å². The smallest absolute Gasteiger partial charge is 0.315 e. The molecule has 4 heteroatoms. The van der Waals surface area contributed by atoms with Gasteiger partial charge in [0.1, 0.15) is 0 Å². The summed E-state index contributed by atoms with van der Waals surface area (Å²) in [6, 6.07) is 10.7. The van der Waals surface area contributed by atoms with Crippen LogP contribution in [-0.2, 0) is 0 Å². The molecule has 0 bridgehead atoms. The minimum absolute atomic E-state index is 0.0857. The molecule has 1 aromatic rings. The van der Waals surface area contributed by atoms with E-state index < -0.39 is 0 Å². The molecule has 1 atom stereocenters. The van der Waals surface area contributed by atoms with Gasteiger partial charge in [0, 0.05) is 30.4 Å². The van der Waals surface area contributed by atoms with E-state index in [0.29, 0.717) is 12.6 Å². The molecule has 2 amide bonds. The summed E-state index contributed by atoms with van der Waals surface area (Å²) in [6.45, 7) is 7.71. The van der Waals surface area contributed by atoms with Gasteiger partial charge in [0.05, 0.1) is 0 Å². The highest BCUT2D eigenvalue weighted by Gasteiger charge is 2.25. The molecule has 1 saturated heterocycles. The number of anilines is 1. The average molecular weight is 275 g/mol. The predicted molar refractivity (Wildman–Crippen MR) is 83.1 cm³/mol. The summed E-state index contributed by atoms with van der Waals surface area (Å²) in [5, 5.41) is 5.92. The molecule has 0 spiro atoms. The molecule has 110 valence electrons. The first kappa shape index (κ1) is 14.7. The van der Waals surface area contributed by atoms with E-state index in [1.54, 1.807) is 0 Å². The van der Waals surface area contributed by atoms with Crippen LogP contribution in [0.4, 0.5) is 10.5 Å². The minimum atomic E-state index is -0.196. The fraction of sp³-hybridized carbons (Fsp3) is 0.562. The zero-order valence-electron chi connectivity index (χ0n) is 12.6. The van der Waals surface area contributed by atoms with Crippen molar-refractivity contribution in [2.75, 3.05) is 18.0 Å². The Morgan fingerprint density at radius 3 is 2.65 bits per heavy atom. The maximum Gasteiger partial charge on any atom is 0.315 e. The molecule has 0 saturated carbocycles. The first-order valence-corrected chi connectivity index (χ1v) is 7.33. The van der Waals surface area contributed by atoms with E-state index in [0.717, 1.165) is 13.0 Å². The van der Waals surface area contributed by atoms with Gasteiger partial charge in [-0.3, -0.25) is 0 Å². The maximum atomic E-state index is 11.8. The van der Waals surface area contributed by atoms with Crippen molar-refractivity contribution in [1.82, 2.24) is 10.6 Å². The molecule has 0 radical (unpaired) electrons. The number of benzene rings is 1. The Kier molecular flexibility index (Phi) is 4.53. The van der Waals surface area contributed by atoms with Crippen molar-refractivity contribution in [3.8, 4) is 0 Å². The highest BCUT2D eigenvalue weighted by molar-refractivity contribution is 5.74. The van der Waals surface area contributed by atoms with Crippen molar-refractivity contribution < 1.29 is 4.79 Å². The van der Waals surface area contributed by atoms with E-state index in [2.05, 4.69) is 39.8 Å². The van der Waals surface area contributed by atoms with Crippen LogP contribution < -0.4 is 15.5 Å². The van der Waals surface area contributed by atoms with Gasteiger partial charge in [-0.2, -0.15) is 0 Å². The minimum Gasteiger partial charge on any atom is -0.367 e. The maximum absolute atomic E-state index is 11.8. The Bertz CT molecular complexity index is 439. The highest BCUT2D eigenvalue weighted by Crippen LogP contribution is 2.24. The Morgan fingerprint density at radius 1 is 1.30 bits per heavy atom. The molecular formula is C16H25N3O. The predicted octanol–water partition coefficient (Wildman–Crippen LogP) is 2.75. The van der Waals surface area contributed by atoms with Gasteiger partial charge in [0.15, 0.2) is 0 Å². The largest absolute Gasteiger partial charge is 0.367 e. The molecule has 0 aliphatic carbocycles. The van der Waals surface area contributed by atoms with Crippen molar-refractivity contribution in [2.45, 2.75) is 45.2 Å². The number of carbonyl (C=O) groups excluding carboxylic acids is 1. The Balaban J connectivity index is 1.88. The summed E-state index contributed by atoms with van der Waals surface area (Å²) in [4.78, 5) is 14.2. The van der Waals surface area contributed by atoms with Crippen LogP contribution in [0.1, 0.15) is 33.6 Å². The molecule has 1 fully saturated rings. The zero-order valence-corrected chi connectivity index (χ0v) is 12.6. The van der Waals surface area contributed by atoms with Crippen molar-refractivity contribution in [3.05, 3.63) is 30.3 Å². The average Bonchev–Trinajstić information content (AvgIpc) is 2.83. The molecule has 0 aromatic heterocycles. The van der Waals surface area contributed by atoms with Crippen molar-refractivity contribution in [1.29, 1.82) is 0 Å². The van der Waals surface area contributed by atoms with Gasteiger partial charge in [0.25, 0.3) is 0 Å². The van der Waals surface area contributed by atoms with Gasteiger partial charge in [-0.1, -0.05) is 18.2 Å². The van der Waals surface area contributed by atoms with E-state index in [9.17, 15) is 4.79 Å². The lowest BCUT2D eigenvalue weighted by Gasteiger charge is -2.28. The number of nitrogens with one attached hydrogen (secondary N) is 2. The number of hydrogen-bond acceptors (Lipinski definition) is 2. The van der Waals surface area contributed by atoms with Crippen LogP contribution in [0.5, 0.6) is 0 Å². The van der Waals surface area contributed by atoms with E-state index in [1.165, 1.54) is 12.1 Å². The van der Waals surface area contributed by atoms with Crippen molar-refractivity contribution >= 4 is 11.7 Å². The topological polar surface area (TPSA) is 44.4 Å². The van der Waals surface area contributed by atoms with E-state index in [4.69, 9.17) is 0 Å². The standard InChI is InChI=1S/C16H25N3O/c1-16(2,3)18-15(20)17-12-14-10-7-11-19(14)13-8-5-4-6-9-13/h4-6,8-9,14H,7,10-12H2,1-3H3,(H2,17,18,20). The summed E-state index contributed by atoms with van der Waals surface area (Å²) < 4.78 is 0. The van der Waals surface area contributed by atoms with Gasteiger partial charge in [-0.05, 0) is 45.7 Å². The molecule has 2 rings (SSSR count). The number of urea groups is 1. The Morgan fingerprint density at radius 2 is 2.00 bits per heavy atom. The monoisotopic (exact) mass is 275 g/mol. The number of carbonyl (C=O) groups is 1. The van der Waals surface area contributed by atoms with Crippen LogP contribution >= 0.6 is 0 Å². The number of amides is 2. The SMILES string of the molecule is CC(C)(C)NC(=O)NCC1CCCN1c1ccccc1. The summed E-state index contributed by atoms with van der Waals surface area (Å²) in [5.74, 6) is 0. The first-order valence-electron chi connectivity index (χ1n) is 7.33. The molecule has 4 nitrogen and oxygen atoms in total. The van der Waals surface area contributed by atoms with Crippen molar-refractivity contribution in [3.63, 3.8) is 0 Å². The van der Waals surface area contributed by atoms with E-state index in [-0.39, 0.29) is 11.6 Å². The molecule has 1 unspecified atom stereocenters. The van der Waals surface area contributed by atoms with Crippen molar-refractivity contribution in [2.24, 2.45) is 0 Å². The summed E-state index contributed by atoms with van der Waals surface area (Å²) >= 11 is 0. The Hall–Kier alpha value is -1.71. The van der Waals surface area contributed by atoms with Gasteiger partial charge in [0.2, 0.25) is 0 Å². The van der Waals surface area contributed by atoms with Crippen LogP contribution in [0.25, 0.3) is 0 Å². The van der Waals surface area contributed by atoms with Crippen LogP contribution in [0, 0.1) is 0 Å². The summed E-state index contributed by atoms with van der Waals surface area (Å²) in [7, 11) is 0.